The zero-order valence-corrected chi connectivity index (χ0v) is 21.7. The molecule has 4 aliphatic rings. The minimum Gasteiger partial charge on any atom is -0.325 e. The van der Waals surface area contributed by atoms with Gasteiger partial charge in [-0.2, -0.15) is 0 Å². The topological polar surface area (TPSA) is 78.5 Å². The first-order chi connectivity index (χ1) is 19.0. The van der Waals surface area contributed by atoms with Crippen LogP contribution < -0.4 is 10.6 Å². The molecule has 2 amide bonds. The number of fused-ring (bicyclic) bond motifs is 8. The maximum atomic E-state index is 14.8. The molecule has 0 unspecified atom stereocenters. The normalized spacial score (nSPS) is 28.5. The Morgan fingerprint density at radius 3 is 2.44 bits per heavy atom. The van der Waals surface area contributed by atoms with E-state index in [1.54, 1.807) is 18.2 Å². The van der Waals surface area contributed by atoms with Gasteiger partial charge >= 0.3 is 0 Å². The molecule has 0 saturated carbocycles. The zero-order valence-electron chi connectivity index (χ0n) is 20.9. The average Bonchev–Trinajstić information content (AvgIpc) is 3.67. The van der Waals surface area contributed by atoms with Gasteiger partial charge in [-0.05, 0) is 66.1 Å². The molecule has 0 aromatic heterocycles. The van der Waals surface area contributed by atoms with Gasteiger partial charge < -0.3 is 10.6 Å². The summed E-state index contributed by atoms with van der Waals surface area (Å²) < 4.78 is 0. The van der Waals surface area contributed by atoms with Crippen LogP contribution in [-0.2, 0) is 20.5 Å². The molecule has 0 radical (unpaired) electrons. The summed E-state index contributed by atoms with van der Waals surface area (Å²) >= 11 is 6.53. The third-order valence-corrected chi connectivity index (χ3v) is 9.61. The van der Waals surface area contributed by atoms with E-state index in [0.29, 0.717) is 46.1 Å². The second kappa shape index (κ2) is 7.78. The Morgan fingerprint density at radius 1 is 0.821 bits per heavy atom. The van der Waals surface area contributed by atoms with Crippen LogP contribution in [0.25, 0.3) is 10.8 Å². The van der Waals surface area contributed by atoms with E-state index >= 15 is 0 Å². The number of hydrogen-bond acceptors (Lipinski definition) is 4. The standard InChI is InChI=1S/C32H24ClN3O3/c33-21-13-14-25-23(17-21)32(30(39)35-25)31(22-8-3-4-9-24(22)34-29(31)38)27(26-10-5-15-36(26)32)28(37)20-12-11-18-6-1-2-7-19(18)16-20/h1-4,6-9,11-14,16-17,26-27H,5,10,15H2,(H,34,38)(H,35,39)/t26-,27-,31+,32+/m0/s1. The third kappa shape index (κ3) is 2.63. The van der Waals surface area contributed by atoms with Gasteiger partial charge in [0.1, 0.15) is 11.0 Å². The minimum absolute atomic E-state index is 0.121. The maximum Gasteiger partial charge on any atom is 0.251 e. The van der Waals surface area contributed by atoms with Crippen molar-refractivity contribution in [2.24, 2.45) is 5.92 Å². The smallest absolute Gasteiger partial charge is 0.251 e. The number of hydrogen-bond donors (Lipinski definition) is 2. The molecule has 2 N–H and O–H groups in total. The average molecular weight is 534 g/mol. The van der Waals surface area contributed by atoms with Crippen LogP contribution in [0.4, 0.5) is 11.4 Å². The van der Waals surface area contributed by atoms with Crippen LogP contribution in [0.3, 0.4) is 0 Å². The quantitative estimate of drug-likeness (QED) is 0.333. The molecule has 2 spiro atoms. The lowest BCUT2D eigenvalue weighted by atomic mass is 9.57. The van der Waals surface area contributed by atoms with Crippen molar-refractivity contribution < 1.29 is 14.4 Å². The molecule has 2 saturated heterocycles. The molecule has 2 fully saturated rings. The van der Waals surface area contributed by atoms with Gasteiger partial charge in [0.25, 0.3) is 5.91 Å². The number of nitrogens with one attached hydrogen (secondary N) is 2. The van der Waals surface area contributed by atoms with Crippen molar-refractivity contribution in [1.82, 2.24) is 4.90 Å². The number of anilines is 2. The Hall–Kier alpha value is -4.00. The predicted molar refractivity (Wildman–Crippen MR) is 150 cm³/mol. The van der Waals surface area contributed by atoms with Crippen molar-refractivity contribution >= 4 is 51.3 Å². The highest BCUT2D eigenvalue weighted by Crippen LogP contribution is 2.68. The number of benzene rings is 4. The summed E-state index contributed by atoms with van der Waals surface area (Å²) in [5.74, 6) is -1.50. The lowest BCUT2D eigenvalue weighted by molar-refractivity contribution is -0.137. The van der Waals surface area contributed by atoms with Crippen molar-refractivity contribution in [3.63, 3.8) is 0 Å². The second-order valence-electron chi connectivity index (χ2n) is 11.0. The molecule has 4 aromatic carbocycles. The van der Waals surface area contributed by atoms with Gasteiger partial charge in [0.05, 0.1) is 5.92 Å². The first kappa shape index (κ1) is 22.9. The minimum atomic E-state index is -1.47. The first-order valence-corrected chi connectivity index (χ1v) is 13.7. The summed E-state index contributed by atoms with van der Waals surface area (Å²) in [6, 6.07) is 26.1. The lowest BCUT2D eigenvalue weighted by Crippen LogP contribution is -2.62. The molecule has 7 heteroatoms. The number of ketones is 1. The highest BCUT2D eigenvalue weighted by atomic mass is 35.5. The zero-order chi connectivity index (χ0) is 26.5. The fourth-order valence-corrected chi connectivity index (χ4v) is 8.24. The molecule has 4 heterocycles. The van der Waals surface area contributed by atoms with Crippen LogP contribution in [0, 0.1) is 5.92 Å². The Morgan fingerprint density at radius 2 is 1.56 bits per heavy atom. The molecule has 4 aliphatic heterocycles. The number of halogens is 1. The van der Waals surface area contributed by atoms with E-state index in [4.69, 9.17) is 11.6 Å². The molecule has 39 heavy (non-hydrogen) atoms. The summed E-state index contributed by atoms with van der Waals surface area (Å²) in [6.07, 6.45) is 1.54. The number of rotatable bonds is 2. The summed E-state index contributed by atoms with van der Waals surface area (Å²) in [5.41, 5.74) is 0.274. The van der Waals surface area contributed by atoms with Crippen LogP contribution in [0.5, 0.6) is 0 Å². The van der Waals surface area contributed by atoms with Crippen LogP contribution in [-0.4, -0.2) is 35.1 Å². The van der Waals surface area contributed by atoms with Gasteiger partial charge in [-0.15, -0.1) is 0 Å². The maximum absolute atomic E-state index is 14.8. The molecule has 4 atom stereocenters. The lowest BCUT2D eigenvalue weighted by Gasteiger charge is -2.43. The summed E-state index contributed by atoms with van der Waals surface area (Å²) in [4.78, 5) is 45.9. The van der Waals surface area contributed by atoms with E-state index in [1.807, 2.05) is 66.7 Å². The van der Waals surface area contributed by atoms with Crippen LogP contribution >= 0.6 is 11.6 Å². The van der Waals surface area contributed by atoms with Gasteiger partial charge in [-0.3, -0.25) is 19.3 Å². The Labute approximate surface area is 230 Å². The summed E-state index contributed by atoms with van der Waals surface area (Å²) in [6.45, 7) is 0.600. The number of Topliss-reactive ketones (excluding diaryl/α,β-unsaturated/α-hetero) is 1. The fourth-order valence-electron chi connectivity index (χ4n) is 8.07. The molecule has 0 bridgehead atoms. The molecule has 192 valence electrons. The number of amides is 2. The molecule has 6 nitrogen and oxygen atoms in total. The highest BCUT2D eigenvalue weighted by molar-refractivity contribution is 6.31. The fraction of sp³-hybridized carbons (Fsp3) is 0.219. The van der Waals surface area contributed by atoms with Gasteiger partial charge in [0, 0.05) is 33.6 Å². The van der Waals surface area contributed by atoms with E-state index in [9.17, 15) is 14.4 Å². The van der Waals surface area contributed by atoms with Crippen LogP contribution in [0.1, 0.15) is 34.3 Å². The first-order valence-electron chi connectivity index (χ1n) is 13.3. The van der Waals surface area contributed by atoms with E-state index in [1.165, 1.54) is 0 Å². The third-order valence-electron chi connectivity index (χ3n) is 9.37. The largest absolute Gasteiger partial charge is 0.325 e. The van der Waals surface area contributed by atoms with Crippen LogP contribution in [0.15, 0.2) is 84.9 Å². The number of nitrogens with zero attached hydrogens (tertiary/aromatic N) is 1. The van der Waals surface area contributed by atoms with Crippen LogP contribution in [0.2, 0.25) is 5.02 Å². The van der Waals surface area contributed by atoms with Crippen molar-refractivity contribution in [2.75, 3.05) is 17.2 Å². The summed E-state index contributed by atoms with van der Waals surface area (Å²) in [7, 11) is 0. The second-order valence-corrected chi connectivity index (χ2v) is 11.4. The van der Waals surface area contributed by atoms with E-state index in [2.05, 4.69) is 15.5 Å². The number of para-hydroxylation sites is 1. The summed E-state index contributed by atoms with van der Waals surface area (Å²) in [5, 5.41) is 8.61. The monoisotopic (exact) mass is 533 g/mol. The SMILES string of the molecule is O=C(c1ccc2ccccc2c1)[C@@H]1[C@@H]2CCCN2[C@]2(C(=O)Nc3ccc(Cl)cc32)[C@@]12C(=O)Nc1ccccc12. The molecule has 0 aliphatic carbocycles. The van der Waals surface area contributed by atoms with Crippen molar-refractivity contribution in [1.29, 1.82) is 0 Å². The predicted octanol–water partition coefficient (Wildman–Crippen LogP) is 5.51. The molecule has 4 aromatic rings. The van der Waals surface area contributed by atoms with Gasteiger partial charge in [0.2, 0.25) is 5.91 Å². The Bertz CT molecular complexity index is 1770. The van der Waals surface area contributed by atoms with E-state index < -0.39 is 16.9 Å². The van der Waals surface area contributed by atoms with Crippen molar-refractivity contribution in [2.45, 2.75) is 29.8 Å². The Balaban J connectivity index is 1.45. The van der Waals surface area contributed by atoms with Crippen molar-refractivity contribution in [3.05, 3.63) is 107 Å². The Kier molecular flexibility index (Phi) is 4.57. The van der Waals surface area contributed by atoms with Gasteiger partial charge in [0.15, 0.2) is 5.78 Å². The molecular formula is C32H24ClN3O3. The van der Waals surface area contributed by atoms with E-state index in [-0.39, 0.29) is 23.6 Å². The highest BCUT2D eigenvalue weighted by Gasteiger charge is 2.81. The van der Waals surface area contributed by atoms with Gasteiger partial charge in [-0.1, -0.05) is 66.2 Å². The van der Waals surface area contributed by atoms with Crippen molar-refractivity contribution in [3.8, 4) is 0 Å². The number of carbonyl (C=O) groups is 3. The van der Waals surface area contributed by atoms with Gasteiger partial charge in [-0.25, -0.2) is 0 Å². The molecule has 8 rings (SSSR count). The number of carbonyl (C=O) groups excluding carboxylic acids is 3. The molecular weight excluding hydrogens is 510 g/mol. The van der Waals surface area contributed by atoms with E-state index in [0.717, 1.165) is 17.2 Å².